The van der Waals surface area contributed by atoms with Crippen molar-refractivity contribution in [2.75, 3.05) is 20.1 Å². The van der Waals surface area contributed by atoms with Gasteiger partial charge in [-0.3, -0.25) is 9.79 Å². The zero-order valence-electron chi connectivity index (χ0n) is 15.9. The van der Waals surface area contributed by atoms with E-state index in [1.807, 2.05) is 38.1 Å². The maximum Gasteiger partial charge on any atom is 0.220 e. The molecule has 26 heavy (non-hydrogen) atoms. The molecule has 146 valence electrons. The summed E-state index contributed by atoms with van der Waals surface area (Å²) in [4.78, 5) is 15.8. The van der Waals surface area contributed by atoms with Crippen molar-refractivity contribution in [3.8, 4) is 5.75 Å². The summed E-state index contributed by atoms with van der Waals surface area (Å²) in [7, 11) is 1.74. The lowest BCUT2D eigenvalue weighted by molar-refractivity contribution is -0.121. The molecule has 1 atom stereocenters. The Morgan fingerprint density at radius 3 is 2.77 bits per heavy atom. The first-order valence-corrected chi connectivity index (χ1v) is 9.04. The number of nitrogens with one attached hydrogen (secondary N) is 3. The second kappa shape index (κ2) is 12.0. The molecule has 6 nitrogen and oxygen atoms in total. The number of ether oxygens (including phenoxy) is 1. The van der Waals surface area contributed by atoms with Crippen molar-refractivity contribution >= 4 is 35.8 Å². The number of aryl methyl sites for hydroxylation is 1. The van der Waals surface area contributed by atoms with Gasteiger partial charge in [-0.2, -0.15) is 0 Å². The SMILES string of the molecule is CN=C(NCCCC(=O)NC1CC1)NCC(C)Oc1cccc(C)c1.I. The molecule has 0 spiro atoms. The van der Waals surface area contributed by atoms with Gasteiger partial charge in [0.2, 0.25) is 5.91 Å². The highest BCUT2D eigenvalue weighted by atomic mass is 127. The van der Waals surface area contributed by atoms with Gasteiger partial charge in [-0.15, -0.1) is 24.0 Å². The topological polar surface area (TPSA) is 74.8 Å². The summed E-state index contributed by atoms with van der Waals surface area (Å²) in [5, 5.41) is 9.47. The largest absolute Gasteiger partial charge is 0.489 e. The van der Waals surface area contributed by atoms with E-state index in [0.29, 0.717) is 25.6 Å². The number of carbonyl (C=O) groups is 1. The van der Waals surface area contributed by atoms with Gasteiger partial charge in [-0.1, -0.05) is 12.1 Å². The van der Waals surface area contributed by atoms with Crippen LogP contribution in [0.1, 0.15) is 38.2 Å². The lowest BCUT2D eigenvalue weighted by atomic mass is 10.2. The van der Waals surface area contributed by atoms with Crippen LogP contribution in [0.3, 0.4) is 0 Å². The van der Waals surface area contributed by atoms with Crippen molar-refractivity contribution in [1.29, 1.82) is 0 Å². The fourth-order valence-electron chi connectivity index (χ4n) is 2.41. The van der Waals surface area contributed by atoms with Crippen LogP contribution in [0.4, 0.5) is 0 Å². The number of guanidine groups is 1. The summed E-state index contributed by atoms with van der Waals surface area (Å²) in [6.07, 6.45) is 3.61. The molecule has 3 N–H and O–H groups in total. The molecule has 1 fully saturated rings. The average Bonchev–Trinajstić information content (AvgIpc) is 3.38. The number of hydrogen-bond donors (Lipinski definition) is 3. The zero-order chi connectivity index (χ0) is 18.1. The van der Waals surface area contributed by atoms with Crippen molar-refractivity contribution in [3.63, 3.8) is 0 Å². The van der Waals surface area contributed by atoms with Crippen LogP contribution >= 0.6 is 24.0 Å². The van der Waals surface area contributed by atoms with Gasteiger partial charge in [0.15, 0.2) is 5.96 Å². The molecular formula is C19H31IN4O2. The second-order valence-electron chi connectivity index (χ2n) is 6.57. The van der Waals surface area contributed by atoms with E-state index in [0.717, 1.165) is 31.0 Å². The van der Waals surface area contributed by atoms with E-state index in [9.17, 15) is 4.79 Å². The molecule has 1 aromatic rings. The number of hydrogen-bond acceptors (Lipinski definition) is 3. The van der Waals surface area contributed by atoms with Crippen LogP contribution in [0.5, 0.6) is 5.75 Å². The predicted octanol–water partition coefficient (Wildman–Crippen LogP) is 2.60. The van der Waals surface area contributed by atoms with Gasteiger partial charge in [0, 0.05) is 26.1 Å². The normalized spacial score (nSPS) is 14.8. The first-order valence-electron chi connectivity index (χ1n) is 9.04. The van der Waals surface area contributed by atoms with E-state index in [4.69, 9.17) is 4.74 Å². The molecule has 2 rings (SSSR count). The van der Waals surface area contributed by atoms with E-state index in [-0.39, 0.29) is 36.0 Å². The number of amides is 1. The van der Waals surface area contributed by atoms with Crippen molar-refractivity contribution in [2.24, 2.45) is 4.99 Å². The smallest absolute Gasteiger partial charge is 0.220 e. The Bertz CT molecular complexity index is 591. The highest BCUT2D eigenvalue weighted by molar-refractivity contribution is 14.0. The van der Waals surface area contributed by atoms with E-state index in [1.165, 1.54) is 5.56 Å². The van der Waals surface area contributed by atoms with Gasteiger partial charge in [0.1, 0.15) is 11.9 Å². The Morgan fingerprint density at radius 1 is 1.35 bits per heavy atom. The van der Waals surface area contributed by atoms with Crippen LogP contribution in [-0.2, 0) is 4.79 Å². The lowest BCUT2D eigenvalue weighted by Gasteiger charge is -2.18. The molecule has 0 saturated heterocycles. The molecule has 0 radical (unpaired) electrons. The van der Waals surface area contributed by atoms with Gasteiger partial charge < -0.3 is 20.7 Å². The maximum absolute atomic E-state index is 11.6. The third-order valence-electron chi connectivity index (χ3n) is 3.92. The van der Waals surface area contributed by atoms with Crippen LogP contribution in [-0.4, -0.2) is 44.1 Å². The Labute approximate surface area is 173 Å². The highest BCUT2D eigenvalue weighted by Crippen LogP contribution is 2.18. The van der Waals surface area contributed by atoms with Crippen LogP contribution in [0.25, 0.3) is 0 Å². The summed E-state index contributed by atoms with van der Waals surface area (Å²) in [6.45, 7) is 5.43. The monoisotopic (exact) mass is 474 g/mol. The molecule has 0 aromatic heterocycles. The predicted molar refractivity (Wildman–Crippen MR) is 116 cm³/mol. The third kappa shape index (κ3) is 9.26. The number of nitrogens with zero attached hydrogens (tertiary/aromatic N) is 1. The van der Waals surface area contributed by atoms with Crippen LogP contribution < -0.4 is 20.7 Å². The number of rotatable bonds is 9. The molecule has 7 heteroatoms. The zero-order valence-corrected chi connectivity index (χ0v) is 18.2. The molecule has 1 saturated carbocycles. The summed E-state index contributed by atoms with van der Waals surface area (Å²) in [6, 6.07) is 8.46. The van der Waals surface area contributed by atoms with Crippen LogP contribution in [0.15, 0.2) is 29.3 Å². The molecule has 0 heterocycles. The first-order chi connectivity index (χ1) is 12.1. The molecule has 1 aliphatic carbocycles. The van der Waals surface area contributed by atoms with Crippen molar-refractivity contribution in [3.05, 3.63) is 29.8 Å². The first kappa shape index (κ1) is 22.5. The van der Waals surface area contributed by atoms with E-state index in [2.05, 4.69) is 20.9 Å². The number of benzene rings is 1. The summed E-state index contributed by atoms with van der Waals surface area (Å²) >= 11 is 0. The fraction of sp³-hybridized carbons (Fsp3) is 0.579. The van der Waals surface area contributed by atoms with Crippen molar-refractivity contribution < 1.29 is 9.53 Å². The minimum atomic E-state index is 0. The van der Waals surface area contributed by atoms with E-state index < -0.39 is 0 Å². The van der Waals surface area contributed by atoms with E-state index >= 15 is 0 Å². The quantitative estimate of drug-likeness (QED) is 0.223. The number of halogens is 1. The minimum Gasteiger partial charge on any atom is -0.489 e. The van der Waals surface area contributed by atoms with Gasteiger partial charge in [-0.25, -0.2) is 0 Å². The van der Waals surface area contributed by atoms with Crippen LogP contribution in [0.2, 0.25) is 0 Å². The average molecular weight is 474 g/mol. The lowest BCUT2D eigenvalue weighted by Crippen LogP contribution is -2.42. The highest BCUT2D eigenvalue weighted by Gasteiger charge is 2.22. The van der Waals surface area contributed by atoms with Gasteiger partial charge >= 0.3 is 0 Å². The summed E-state index contributed by atoms with van der Waals surface area (Å²) < 4.78 is 5.89. The van der Waals surface area contributed by atoms with Gasteiger partial charge in [-0.05, 0) is 50.8 Å². The molecule has 1 amide bonds. The van der Waals surface area contributed by atoms with Crippen molar-refractivity contribution in [1.82, 2.24) is 16.0 Å². The Hall–Kier alpha value is -1.51. The maximum atomic E-state index is 11.6. The Balaban J connectivity index is 0.00000338. The third-order valence-corrected chi connectivity index (χ3v) is 3.92. The number of carbonyl (C=O) groups excluding carboxylic acids is 1. The molecule has 1 unspecified atom stereocenters. The van der Waals surface area contributed by atoms with Gasteiger partial charge in [0.25, 0.3) is 0 Å². The molecular weight excluding hydrogens is 443 g/mol. The second-order valence-corrected chi connectivity index (χ2v) is 6.57. The Morgan fingerprint density at radius 2 is 2.12 bits per heavy atom. The molecule has 1 aromatic carbocycles. The molecule has 1 aliphatic rings. The van der Waals surface area contributed by atoms with E-state index in [1.54, 1.807) is 7.05 Å². The Kier molecular flexibility index (Phi) is 10.4. The minimum absolute atomic E-state index is 0. The van der Waals surface area contributed by atoms with Gasteiger partial charge in [0.05, 0.1) is 6.54 Å². The summed E-state index contributed by atoms with van der Waals surface area (Å²) in [5.41, 5.74) is 1.18. The molecule has 0 bridgehead atoms. The summed E-state index contributed by atoms with van der Waals surface area (Å²) in [5.74, 6) is 1.74. The van der Waals surface area contributed by atoms with Crippen molar-refractivity contribution in [2.45, 2.75) is 51.7 Å². The fourth-order valence-corrected chi connectivity index (χ4v) is 2.41. The standard InChI is InChI=1S/C19H30N4O2.HI/c1-14-6-4-7-17(12-14)25-15(2)13-22-19(20-3)21-11-5-8-18(24)23-16-9-10-16;/h4,6-7,12,15-16H,5,8-11,13H2,1-3H3,(H,23,24)(H2,20,21,22);1H. The number of aliphatic imine (C=N–C) groups is 1. The molecule has 0 aliphatic heterocycles. The van der Waals surface area contributed by atoms with Crippen LogP contribution in [0, 0.1) is 6.92 Å².